The summed E-state index contributed by atoms with van der Waals surface area (Å²) in [6.07, 6.45) is 2.67. The van der Waals surface area contributed by atoms with E-state index in [-0.39, 0.29) is 17.7 Å². The van der Waals surface area contributed by atoms with Crippen LogP contribution in [0.15, 0.2) is 55.3 Å². The Morgan fingerprint density at radius 1 is 1.24 bits per heavy atom. The Bertz CT molecular complexity index is 1280. The zero-order chi connectivity index (χ0) is 26.4. The number of halogens is 2. The van der Waals surface area contributed by atoms with Crippen molar-refractivity contribution in [3.63, 3.8) is 0 Å². The van der Waals surface area contributed by atoms with Gasteiger partial charge in [0.15, 0.2) is 5.82 Å². The van der Waals surface area contributed by atoms with Crippen molar-refractivity contribution in [1.82, 2.24) is 14.9 Å². The smallest absolute Gasteiger partial charge is 0.247 e. The largest absolute Gasteiger partial charge is 0.494 e. The van der Waals surface area contributed by atoms with Gasteiger partial charge >= 0.3 is 0 Å². The van der Waals surface area contributed by atoms with Gasteiger partial charge in [0.1, 0.15) is 16.6 Å². The van der Waals surface area contributed by atoms with Crippen LogP contribution < -0.4 is 25.6 Å². The second kappa shape index (κ2) is 11.9. The third kappa shape index (κ3) is 6.66. The van der Waals surface area contributed by atoms with Gasteiger partial charge in [-0.1, -0.05) is 30.3 Å². The summed E-state index contributed by atoms with van der Waals surface area (Å²) in [5.74, 6) is 0.450. The van der Waals surface area contributed by atoms with Crippen LogP contribution in [0.25, 0.3) is 0 Å². The van der Waals surface area contributed by atoms with Crippen LogP contribution in [0.1, 0.15) is 5.56 Å². The van der Waals surface area contributed by atoms with E-state index < -0.39 is 0 Å². The quantitative estimate of drug-likeness (QED) is 0.351. The first-order valence-corrected chi connectivity index (χ1v) is 12.1. The van der Waals surface area contributed by atoms with E-state index in [0.29, 0.717) is 40.2 Å². The lowest BCUT2D eigenvalue weighted by Gasteiger charge is -2.34. The summed E-state index contributed by atoms with van der Waals surface area (Å²) in [5.41, 5.74) is 2.45. The van der Waals surface area contributed by atoms with Crippen molar-refractivity contribution in [3.8, 4) is 5.75 Å². The molecule has 0 radical (unpaired) electrons. The molecule has 0 bridgehead atoms. The maximum Gasteiger partial charge on any atom is 0.247 e. The topological polar surface area (TPSA) is 94.6 Å². The fourth-order valence-electron chi connectivity index (χ4n) is 3.91. The normalized spacial score (nSPS) is 13.7. The van der Waals surface area contributed by atoms with Crippen LogP contribution >= 0.6 is 11.6 Å². The standard InChI is InChI=1S/C26H29ClFN7O2/c1-4-24(36)31-18-7-5-6-17(12-18)15-29-25-19(27)16-30-26(33-25)32-21-13-20(28)22(14-23(21)37-3)35-10-8-34(2)9-11-35/h4-7,12-14,16H,1,8-11,15H2,2-3H3,(H,31,36)(H2,29,30,32,33). The molecule has 3 N–H and O–H groups in total. The van der Waals surface area contributed by atoms with Gasteiger partial charge in [-0.25, -0.2) is 9.37 Å². The van der Waals surface area contributed by atoms with E-state index in [4.69, 9.17) is 16.3 Å². The molecule has 9 nitrogen and oxygen atoms in total. The first kappa shape index (κ1) is 26.2. The molecule has 11 heteroatoms. The Kier molecular flexibility index (Phi) is 8.42. The molecular weight excluding hydrogens is 497 g/mol. The molecule has 3 aromatic rings. The molecule has 0 atom stereocenters. The number of nitrogens with one attached hydrogen (secondary N) is 3. The van der Waals surface area contributed by atoms with Crippen LogP contribution in [-0.2, 0) is 11.3 Å². The summed E-state index contributed by atoms with van der Waals surface area (Å²) in [6.45, 7) is 7.06. The highest BCUT2D eigenvalue weighted by atomic mass is 35.5. The molecule has 194 valence electrons. The summed E-state index contributed by atoms with van der Waals surface area (Å²) in [6, 6.07) is 10.4. The van der Waals surface area contributed by atoms with E-state index in [1.165, 1.54) is 25.4 Å². The highest BCUT2D eigenvalue weighted by Crippen LogP contribution is 2.35. The second-order valence-corrected chi connectivity index (χ2v) is 8.96. The lowest BCUT2D eigenvalue weighted by molar-refractivity contribution is -0.111. The van der Waals surface area contributed by atoms with Crippen molar-refractivity contribution in [2.75, 3.05) is 61.2 Å². The fraction of sp³-hybridized carbons (Fsp3) is 0.269. The number of carbonyl (C=O) groups excluding carboxylic acids is 1. The minimum absolute atomic E-state index is 0.226. The summed E-state index contributed by atoms with van der Waals surface area (Å²) in [7, 11) is 3.59. The van der Waals surface area contributed by atoms with Crippen LogP contribution in [0.4, 0.5) is 33.2 Å². The van der Waals surface area contributed by atoms with Crippen molar-refractivity contribution in [2.45, 2.75) is 6.54 Å². The summed E-state index contributed by atoms with van der Waals surface area (Å²) in [4.78, 5) is 24.5. The van der Waals surface area contributed by atoms with Crippen LogP contribution in [0, 0.1) is 5.82 Å². The number of hydrogen-bond donors (Lipinski definition) is 3. The maximum atomic E-state index is 15.1. The van der Waals surface area contributed by atoms with Crippen LogP contribution in [-0.4, -0.2) is 61.1 Å². The van der Waals surface area contributed by atoms with Gasteiger partial charge in [0, 0.05) is 50.5 Å². The molecule has 1 amide bonds. The first-order valence-electron chi connectivity index (χ1n) is 11.7. The summed E-state index contributed by atoms with van der Waals surface area (Å²) in [5, 5.41) is 9.26. The number of methoxy groups -OCH3 is 1. The SMILES string of the molecule is C=CC(=O)Nc1cccc(CNc2nc(Nc3cc(F)c(N4CCN(C)CC4)cc3OC)ncc2Cl)c1. The van der Waals surface area contributed by atoms with Gasteiger partial charge in [0.2, 0.25) is 11.9 Å². The third-order valence-electron chi connectivity index (χ3n) is 5.94. The van der Waals surface area contributed by atoms with E-state index >= 15 is 4.39 Å². The monoisotopic (exact) mass is 525 g/mol. The highest BCUT2D eigenvalue weighted by Gasteiger charge is 2.20. The van der Waals surface area contributed by atoms with E-state index in [9.17, 15) is 4.79 Å². The number of aromatic nitrogens is 2. The van der Waals surface area contributed by atoms with Gasteiger partial charge in [-0.2, -0.15) is 4.98 Å². The summed E-state index contributed by atoms with van der Waals surface area (Å²) < 4.78 is 20.6. The Labute approximate surface area is 220 Å². The number of ether oxygens (including phenoxy) is 1. The lowest BCUT2D eigenvalue weighted by atomic mass is 10.2. The van der Waals surface area contributed by atoms with Crippen molar-refractivity contribution in [1.29, 1.82) is 0 Å². The Morgan fingerprint density at radius 2 is 2.03 bits per heavy atom. The summed E-state index contributed by atoms with van der Waals surface area (Å²) >= 11 is 6.31. The molecule has 1 aliphatic rings. The van der Waals surface area contributed by atoms with Crippen molar-refractivity contribution < 1.29 is 13.9 Å². The molecule has 0 saturated carbocycles. The number of hydrogen-bond acceptors (Lipinski definition) is 8. The van der Waals surface area contributed by atoms with Gasteiger partial charge in [-0.05, 0) is 30.8 Å². The molecule has 1 aromatic heterocycles. The molecule has 4 rings (SSSR count). The van der Waals surface area contributed by atoms with E-state index in [2.05, 4.69) is 44.4 Å². The van der Waals surface area contributed by atoms with Gasteiger partial charge < -0.3 is 30.5 Å². The maximum absolute atomic E-state index is 15.1. The van der Waals surface area contributed by atoms with Gasteiger partial charge in [-0.15, -0.1) is 0 Å². The molecule has 37 heavy (non-hydrogen) atoms. The number of piperazine rings is 1. The molecular formula is C26H29ClFN7O2. The average molecular weight is 526 g/mol. The van der Waals surface area contributed by atoms with E-state index in [1.54, 1.807) is 12.1 Å². The number of rotatable bonds is 9. The molecule has 1 fully saturated rings. The number of likely N-dealkylation sites (N-methyl/N-ethyl adjacent to an activating group) is 1. The predicted octanol–water partition coefficient (Wildman–Crippen LogP) is 4.51. The van der Waals surface area contributed by atoms with Gasteiger partial charge in [0.25, 0.3) is 0 Å². The zero-order valence-corrected chi connectivity index (χ0v) is 21.5. The minimum Gasteiger partial charge on any atom is -0.494 e. The van der Waals surface area contributed by atoms with Gasteiger partial charge in [-0.3, -0.25) is 4.79 Å². The van der Waals surface area contributed by atoms with Crippen LogP contribution in [0.3, 0.4) is 0 Å². The number of nitrogens with zero attached hydrogens (tertiary/aromatic N) is 4. The first-order chi connectivity index (χ1) is 17.9. The predicted molar refractivity (Wildman–Crippen MR) is 146 cm³/mol. The molecule has 2 aromatic carbocycles. The molecule has 0 aliphatic carbocycles. The van der Waals surface area contributed by atoms with Crippen molar-refractivity contribution in [3.05, 3.63) is 71.7 Å². The number of amides is 1. The van der Waals surface area contributed by atoms with E-state index in [1.807, 2.05) is 23.1 Å². The molecule has 2 heterocycles. The third-order valence-corrected chi connectivity index (χ3v) is 6.22. The number of anilines is 5. The highest BCUT2D eigenvalue weighted by molar-refractivity contribution is 6.32. The molecule has 0 unspecified atom stereocenters. The van der Waals surface area contributed by atoms with E-state index in [0.717, 1.165) is 31.7 Å². The Balaban J connectivity index is 1.48. The Hall–Kier alpha value is -3.89. The lowest BCUT2D eigenvalue weighted by Crippen LogP contribution is -2.44. The number of benzene rings is 2. The van der Waals surface area contributed by atoms with Crippen LogP contribution in [0.2, 0.25) is 5.02 Å². The second-order valence-electron chi connectivity index (χ2n) is 8.56. The molecule has 1 aliphatic heterocycles. The minimum atomic E-state index is -0.358. The molecule has 1 saturated heterocycles. The Morgan fingerprint density at radius 3 is 2.76 bits per heavy atom. The zero-order valence-electron chi connectivity index (χ0n) is 20.7. The fourth-order valence-corrected chi connectivity index (χ4v) is 4.07. The molecule has 0 spiro atoms. The average Bonchev–Trinajstić information content (AvgIpc) is 2.90. The van der Waals surface area contributed by atoms with Gasteiger partial charge in [0.05, 0.1) is 24.7 Å². The van der Waals surface area contributed by atoms with Crippen LogP contribution in [0.5, 0.6) is 5.75 Å². The number of carbonyl (C=O) groups is 1. The van der Waals surface area contributed by atoms with Crippen molar-refractivity contribution in [2.24, 2.45) is 0 Å². The van der Waals surface area contributed by atoms with Crippen molar-refractivity contribution >= 4 is 46.3 Å².